The maximum atomic E-state index is 11.7. The van der Waals surface area contributed by atoms with Gasteiger partial charge in [0.15, 0.2) is 0 Å². The summed E-state index contributed by atoms with van der Waals surface area (Å²) in [7, 11) is 0. The molecule has 1 rings (SSSR count). The molecule has 6 nitrogen and oxygen atoms in total. The predicted octanol–water partition coefficient (Wildman–Crippen LogP) is 1.25. The Labute approximate surface area is 118 Å². The van der Waals surface area contributed by atoms with Crippen molar-refractivity contribution in [1.29, 1.82) is 0 Å². The van der Waals surface area contributed by atoms with Crippen LogP contribution in [0.3, 0.4) is 0 Å². The Balaban J connectivity index is 2.89. The summed E-state index contributed by atoms with van der Waals surface area (Å²) in [6, 6.07) is 4.73. The zero-order valence-electron chi connectivity index (χ0n) is 11.6. The number of nitrogens with two attached hydrogens (primary N) is 2. The largest absolute Gasteiger partial charge is 0.491 e. The topological polar surface area (TPSA) is 107 Å². The van der Waals surface area contributed by atoms with Crippen LogP contribution in [0.25, 0.3) is 0 Å². The lowest BCUT2D eigenvalue weighted by atomic mass is 10.1. The number of nitrogens with one attached hydrogen (secondary N) is 1. The minimum absolute atomic E-state index is 0.168. The monoisotopic (exact) mass is 279 g/mol. The molecule has 2 amide bonds. The van der Waals surface area contributed by atoms with Crippen LogP contribution in [-0.2, 0) is 4.79 Å². The van der Waals surface area contributed by atoms with Crippen LogP contribution in [0.1, 0.15) is 36.5 Å². The first-order chi connectivity index (χ1) is 9.58. The summed E-state index contributed by atoms with van der Waals surface area (Å²) in [6.45, 7) is 2.97. The van der Waals surface area contributed by atoms with E-state index in [0.717, 1.165) is 6.42 Å². The van der Waals surface area contributed by atoms with Crippen LogP contribution in [0, 0.1) is 0 Å². The van der Waals surface area contributed by atoms with Gasteiger partial charge in [-0.05, 0) is 37.6 Å². The third kappa shape index (κ3) is 4.89. The second-order valence-corrected chi connectivity index (χ2v) is 4.36. The fourth-order valence-corrected chi connectivity index (χ4v) is 1.59. The average Bonchev–Trinajstić information content (AvgIpc) is 2.43. The van der Waals surface area contributed by atoms with Gasteiger partial charge in [-0.25, -0.2) is 0 Å². The van der Waals surface area contributed by atoms with Crippen molar-refractivity contribution >= 4 is 17.5 Å². The summed E-state index contributed by atoms with van der Waals surface area (Å²) < 4.78 is 5.53. The van der Waals surface area contributed by atoms with Crippen molar-refractivity contribution in [3.63, 3.8) is 0 Å². The van der Waals surface area contributed by atoms with Gasteiger partial charge >= 0.3 is 0 Å². The summed E-state index contributed by atoms with van der Waals surface area (Å²) in [6.07, 6.45) is 1.77. The Morgan fingerprint density at radius 3 is 2.70 bits per heavy atom. The first kappa shape index (κ1) is 16.0. The van der Waals surface area contributed by atoms with E-state index in [9.17, 15) is 9.59 Å². The van der Waals surface area contributed by atoms with E-state index in [0.29, 0.717) is 43.0 Å². The molecule has 0 spiro atoms. The molecule has 0 saturated carbocycles. The number of amides is 2. The molecule has 0 aliphatic heterocycles. The molecular formula is C14H21N3O3. The van der Waals surface area contributed by atoms with Gasteiger partial charge in [-0.1, -0.05) is 6.92 Å². The van der Waals surface area contributed by atoms with Crippen LogP contribution in [0.2, 0.25) is 0 Å². The van der Waals surface area contributed by atoms with Gasteiger partial charge in [0.1, 0.15) is 5.75 Å². The molecule has 20 heavy (non-hydrogen) atoms. The van der Waals surface area contributed by atoms with Crippen molar-refractivity contribution < 1.29 is 14.3 Å². The first-order valence-electron chi connectivity index (χ1n) is 6.65. The highest BCUT2D eigenvalue weighted by atomic mass is 16.5. The van der Waals surface area contributed by atoms with Gasteiger partial charge in [0.2, 0.25) is 11.8 Å². The third-order valence-corrected chi connectivity index (χ3v) is 2.61. The number of anilines is 1. The maximum absolute atomic E-state index is 11.7. The Morgan fingerprint density at radius 1 is 1.35 bits per heavy atom. The maximum Gasteiger partial charge on any atom is 0.248 e. The number of ether oxygens (including phenoxy) is 1. The van der Waals surface area contributed by atoms with Crippen molar-refractivity contribution in [2.45, 2.75) is 26.2 Å². The van der Waals surface area contributed by atoms with Crippen molar-refractivity contribution in [2.75, 3.05) is 18.5 Å². The van der Waals surface area contributed by atoms with Gasteiger partial charge in [-0.3, -0.25) is 9.59 Å². The minimum Gasteiger partial charge on any atom is -0.491 e. The van der Waals surface area contributed by atoms with Gasteiger partial charge in [0.25, 0.3) is 0 Å². The van der Waals surface area contributed by atoms with Gasteiger partial charge in [-0.15, -0.1) is 0 Å². The number of primary amides is 1. The van der Waals surface area contributed by atoms with Gasteiger partial charge < -0.3 is 21.5 Å². The molecule has 110 valence electrons. The molecule has 0 radical (unpaired) electrons. The fraction of sp³-hybridized carbons (Fsp3) is 0.429. The van der Waals surface area contributed by atoms with Gasteiger partial charge in [-0.2, -0.15) is 0 Å². The Bertz CT molecular complexity index is 475. The number of hydrogen-bond donors (Lipinski definition) is 3. The zero-order chi connectivity index (χ0) is 15.0. The lowest BCUT2D eigenvalue weighted by Crippen LogP contribution is -2.16. The van der Waals surface area contributed by atoms with E-state index >= 15 is 0 Å². The summed E-state index contributed by atoms with van der Waals surface area (Å²) in [5.74, 6) is -0.194. The van der Waals surface area contributed by atoms with E-state index < -0.39 is 5.91 Å². The van der Waals surface area contributed by atoms with E-state index in [1.807, 2.05) is 6.92 Å². The number of rotatable bonds is 8. The van der Waals surface area contributed by atoms with Crippen LogP contribution in [0.5, 0.6) is 5.75 Å². The SMILES string of the molecule is CCCOc1ccc(C(N)=O)cc1NC(=O)CCCN. The third-order valence-electron chi connectivity index (χ3n) is 2.61. The van der Waals surface area contributed by atoms with Crippen LogP contribution in [0.15, 0.2) is 18.2 Å². The van der Waals surface area contributed by atoms with Crippen molar-refractivity contribution in [3.8, 4) is 5.75 Å². The second kappa shape index (κ2) is 8.16. The molecule has 0 heterocycles. The standard InChI is InChI=1S/C14H21N3O3/c1-2-8-20-12-6-5-10(14(16)19)9-11(12)17-13(18)4-3-7-15/h5-6,9H,2-4,7-8,15H2,1H3,(H2,16,19)(H,17,18). The predicted molar refractivity (Wildman–Crippen MR) is 77.7 cm³/mol. The molecular weight excluding hydrogens is 258 g/mol. The molecule has 0 aliphatic carbocycles. The lowest BCUT2D eigenvalue weighted by molar-refractivity contribution is -0.116. The second-order valence-electron chi connectivity index (χ2n) is 4.36. The molecule has 0 saturated heterocycles. The molecule has 1 aromatic carbocycles. The normalized spacial score (nSPS) is 10.1. The lowest BCUT2D eigenvalue weighted by Gasteiger charge is -2.13. The van der Waals surface area contributed by atoms with Crippen LogP contribution in [0.4, 0.5) is 5.69 Å². The molecule has 5 N–H and O–H groups in total. The van der Waals surface area contributed by atoms with Crippen molar-refractivity contribution in [3.05, 3.63) is 23.8 Å². The highest BCUT2D eigenvalue weighted by Crippen LogP contribution is 2.26. The summed E-state index contributed by atoms with van der Waals surface area (Å²) >= 11 is 0. The van der Waals surface area contributed by atoms with E-state index in [4.69, 9.17) is 16.2 Å². The Morgan fingerprint density at radius 2 is 2.10 bits per heavy atom. The van der Waals surface area contributed by atoms with E-state index in [2.05, 4.69) is 5.32 Å². The van der Waals surface area contributed by atoms with E-state index in [1.165, 1.54) is 6.07 Å². The summed E-state index contributed by atoms with van der Waals surface area (Å²) in [5.41, 5.74) is 11.4. The molecule has 6 heteroatoms. The summed E-state index contributed by atoms with van der Waals surface area (Å²) in [5, 5.41) is 2.72. The van der Waals surface area contributed by atoms with Crippen LogP contribution in [-0.4, -0.2) is 25.0 Å². The molecule has 0 fully saturated rings. The number of carbonyl (C=O) groups excluding carboxylic acids is 2. The van der Waals surface area contributed by atoms with Gasteiger partial charge in [0, 0.05) is 12.0 Å². The highest BCUT2D eigenvalue weighted by molar-refractivity contribution is 5.97. The first-order valence-corrected chi connectivity index (χ1v) is 6.65. The molecule has 0 unspecified atom stereocenters. The van der Waals surface area contributed by atoms with E-state index in [1.54, 1.807) is 12.1 Å². The zero-order valence-corrected chi connectivity index (χ0v) is 11.6. The Hall–Kier alpha value is -2.08. The quantitative estimate of drug-likeness (QED) is 0.665. The van der Waals surface area contributed by atoms with Crippen LogP contribution < -0.4 is 21.5 Å². The molecule has 0 atom stereocenters. The smallest absolute Gasteiger partial charge is 0.248 e. The highest BCUT2D eigenvalue weighted by Gasteiger charge is 2.11. The number of hydrogen-bond acceptors (Lipinski definition) is 4. The van der Waals surface area contributed by atoms with Gasteiger partial charge in [0.05, 0.1) is 12.3 Å². The van der Waals surface area contributed by atoms with Crippen molar-refractivity contribution in [1.82, 2.24) is 0 Å². The molecule has 1 aromatic rings. The fourth-order valence-electron chi connectivity index (χ4n) is 1.59. The number of benzene rings is 1. The average molecular weight is 279 g/mol. The molecule has 0 aliphatic rings. The number of carbonyl (C=O) groups is 2. The Kier molecular flexibility index (Phi) is 6.52. The summed E-state index contributed by atoms with van der Waals surface area (Å²) in [4.78, 5) is 22.9. The minimum atomic E-state index is -0.551. The van der Waals surface area contributed by atoms with E-state index in [-0.39, 0.29) is 5.91 Å². The van der Waals surface area contributed by atoms with Crippen LogP contribution >= 0.6 is 0 Å². The van der Waals surface area contributed by atoms with Crippen molar-refractivity contribution in [2.24, 2.45) is 11.5 Å². The molecule has 0 aromatic heterocycles. The molecule has 0 bridgehead atoms.